The van der Waals surface area contributed by atoms with Crippen molar-refractivity contribution < 1.29 is 13.9 Å². The zero-order chi connectivity index (χ0) is 16.5. The number of hydrogen-bond donors (Lipinski definition) is 0. The molecule has 7 heteroatoms. The molecule has 0 N–H and O–H groups in total. The van der Waals surface area contributed by atoms with Crippen LogP contribution in [0.25, 0.3) is 5.52 Å². The Balaban J connectivity index is 1.44. The van der Waals surface area contributed by atoms with Gasteiger partial charge < -0.3 is 9.64 Å². The fourth-order valence-electron chi connectivity index (χ4n) is 3.60. The largest absolute Gasteiger partial charge is 0.379 e. The highest BCUT2D eigenvalue weighted by Gasteiger charge is 2.30. The normalized spacial score (nSPS) is 22.4. The van der Waals surface area contributed by atoms with Gasteiger partial charge in [-0.25, -0.2) is 9.37 Å². The van der Waals surface area contributed by atoms with Gasteiger partial charge >= 0.3 is 0 Å². The second kappa shape index (κ2) is 6.49. The van der Waals surface area contributed by atoms with Crippen LogP contribution in [-0.4, -0.2) is 71.0 Å². The summed E-state index contributed by atoms with van der Waals surface area (Å²) in [5.74, 6) is 0.285. The molecule has 1 amide bonds. The Bertz CT molecular complexity index is 741. The Hall–Kier alpha value is -1.99. The third kappa shape index (κ3) is 2.89. The molecule has 0 bridgehead atoms. The molecule has 2 aliphatic heterocycles. The number of imidazole rings is 1. The van der Waals surface area contributed by atoms with E-state index < -0.39 is 0 Å². The summed E-state index contributed by atoms with van der Waals surface area (Å²) >= 11 is 0. The van der Waals surface area contributed by atoms with Crippen molar-refractivity contribution in [2.75, 3.05) is 45.9 Å². The quantitative estimate of drug-likeness (QED) is 0.849. The van der Waals surface area contributed by atoms with Gasteiger partial charge in [-0.3, -0.25) is 14.1 Å². The zero-order valence-electron chi connectivity index (χ0n) is 13.5. The van der Waals surface area contributed by atoms with Crippen molar-refractivity contribution in [3.05, 3.63) is 36.2 Å². The second-order valence-electron chi connectivity index (χ2n) is 6.51. The number of halogens is 1. The molecule has 0 spiro atoms. The molecule has 2 aromatic heterocycles. The summed E-state index contributed by atoms with van der Waals surface area (Å²) in [7, 11) is 0. The number of nitrogens with zero attached hydrogens (tertiary/aromatic N) is 4. The number of ether oxygens (including phenoxy) is 1. The standard InChI is InChI=1S/C17H21FN4O2/c18-14-2-1-4-22-15(14)10-19-16(22)17(23)21-5-3-13(12-21)11-20-6-8-24-9-7-20/h1-2,4,10,13H,3,5-9,11-12H2. The third-order valence-corrected chi connectivity index (χ3v) is 4.90. The Morgan fingerprint density at radius 2 is 2.17 bits per heavy atom. The van der Waals surface area contributed by atoms with Gasteiger partial charge in [-0.05, 0) is 24.5 Å². The molecule has 0 radical (unpaired) electrons. The minimum absolute atomic E-state index is 0.120. The fraction of sp³-hybridized carbons (Fsp3) is 0.529. The van der Waals surface area contributed by atoms with Crippen LogP contribution in [0.1, 0.15) is 17.0 Å². The van der Waals surface area contributed by atoms with E-state index in [1.165, 1.54) is 16.7 Å². The lowest BCUT2D eigenvalue weighted by Crippen LogP contribution is -2.40. The molecule has 0 saturated carbocycles. The lowest BCUT2D eigenvalue weighted by atomic mass is 10.1. The number of amides is 1. The molecule has 4 rings (SSSR count). The van der Waals surface area contributed by atoms with Crippen molar-refractivity contribution in [3.8, 4) is 0 Å². The van der Waals surface area contributed by atoms with E-state index in [1.807, 2.05) is 4.90 Å². The maximum Gasteiger partial charge on any atom is 0.290 e. The average molecular weight is 332 g/mol. The first-order valence-corrected chi connectivity index (χ1v) is 8.43. The highest BCUT2D eigenvalue weighted by Crippen LogP contribution is 2.21. The van der Waals surface area contributed by atoms with E-state index in [0.717, 1.165) is 52.4 Å². The van der Waals surface area contributed by atoms with Crippen LogP contribution in [0.5, 0.6) is 0 Å². The predicted octanol–water partition coefficient (Wildman–Crippen LogP) is 1.27. The highest BCUT2D eigenvalue weighted by molar-refractivity contribution is 5.92. The van der Waals surface area contributed by atoms with Crippen LogP contribution in [-0.2, 0) is 4.74 Å². The molecule has 2 aromatic rings. The molecule has 0 aliphatic carbocycles. The fourth-order valence-corrected chi connectivity index (χ4v) is 3.60. The van der Waals surface area contributed by atoms with Crippen LogP contribution in [0.2, 0.25) is 0 Å². The van der Waals surface area contributed by atoms with E-state index in [9.17, 15) is 9.18 Å². The lowest BCUT2D eigenvalue weighted by molar-refractivity contribution is 0.0310. The summed E-state index contributed by atoms with van der Waals surface area (Å²) in [4.78, 5) is 21.1. The average Bonchev–Trinajstić information content (AvgIpc) is 3.23. The van der Waals surface area contributed by atoms with Gasteiger partial charge in [0.1, 0.15) is 11.3 Å². The zero-order valence-corrected chi connectivity index (χ0v) is 13.5. The first-order valence-electron chi connectivity index (χ1n) is 8.43. The van der Waals surface area contributed by atoms with Crippen molar-refractivity contribution in [3.63, 3.8) is 0 Å². The lowest BCUT2D eigenvalue weighted by Gasteiger charge is -2.29. The smallest absolute Gasteiger partial charge is 0.290 e. The summed E-state index contributed by atoms with van der Waals surface area (Å²) < 4.78 is 20.7. The Morgan fingerprint density at radius 3 is 3.00 bits per heavy atom. The number of pyridine rings is 1. The van der Waals surface area contributed by atoms with E-state index in [0.29, 0.717) is 11.4 Å². The van der Waals surface area contributed by atoms with Gasteiger partial charge in [0.2, 0.25) is 5.82 Å². The van der Waals surface area contributed by atoms with Crippen LogP contribution in [0, 0.1) is 11.7 Å². The molecular formula is C17H21FN4O2. The number of morpholine rings is 1. The number of carbonyl (C=O) groups is 1. The van der Waals surface area contributed by atoms with Crippen molar-refractivity contribution >= 4 is 11.4 Å². The van der Waals surface area contributed by atoms with E-state index >= 15 is 0 Å². The molecule has 1 unspecified atom stereocenters. The SMILES string of the molecule is O=C(c1ncc2c(F)cccn12)N1CCC(CN2CCOCC2)C1. The molecule has 2 saturated heterocycles. The maximum atomic E-state index is 13.8. The van der Waals surface area contributed by atoms with Crippen molar-refractivity contribution in [1.29, 1.82) is 0 Å². The first kappa shape index (κ1) is 15.5. The molecule has 128 valence electrons. The number of aromatic nitrogens is 2. The minimum Gasteiger partial charge on any atom is -0.379 e. The van der Waals surface area contributed by atoms with Gasteiger partial charge in [-0.15, -0.1) is 0 Å². The van der Waals surface area contributed by atoms with Crippen molar-refractivity contribution in [2.24, 2.45) is 5.92 Å². The minimum atomic E-state index is -0.365. The second-order valence-corrected chi connectivity index (χ2v) is 6.51. The molecule has 24 heavy (non-hydrogen) atoms. The Morgan fingerprint density at radius 1 is 1.33 bits per heavy atom. The summed E-state index contributed by atoms with van der Waals surface area (Å²) in [5.41, 5.74) is 0.338. The molecule has 1 atom stereocenters. The maximum absolute atomic E-state index is 13.8. The van der Waals surface area contributed by atoms with Gasteiger partial charge in [-0.2, -0.15) is 0 Å². The van der Waals surface area contributed by atoms with Gasteiger partial charge in [0.05, 0.1) is 19.4 Å². The van der Waals surface area contributed by atoms with Gasteiger partial charge in [-0.1, -0.05) is 0 Å². The van der Waals surface area contributed by atoms with Gasteiger partial charge in [0, 0.05) is 38.9 Å². The monoisotopic (exact) mass is 332 g/mol. The van der Waals surface area contributed by atoms with E-state index in [2.05, 4.69) is 9.88 Å². The van der Waals surface area contributed by atoms with Crippen molar-refractivity contribution in [1.82, 2.24) is 19.2 Å². The first-order chi connectivity index (χ1) is 11.7. The number of carbonyl (C=O) groups excluding carboxylic acids is 1. The molecule has 4 heterocycles. The highest BCUT2D eigenvalue weighted by atomic mass is 19.1. The van der Waals surface area contributed by atoms with E-state index in [1.54, 1.807) is 12.3 Å². The van der Waals surface area contributed by atoms with E-state index in [4.69, 9.17) is 4.74 Å². The summed E-state index contributed by atoms with van der Waals surface area (Å²) in [6.45, 7) is 5.99. The summed E-state index contributed by atoms with van der Waals surface area (Å²) in [6.07, 6.45) is 4.10. The Labute approximate surface area is 139 Å². The van der Waals surface area contributed by atoms with Gasteiger partial charge in [0.15, 0.2) is 0 Å². The van der Waals surface area contributed by atoms with Crippen LogP contribution in [0.3, 0.4) is 0 Å². The molecule has 2 fully saturated rings. The van der Waals surface area contributed by atoms with Crippen molar-refractivity contribution in [2.45, 2.75) is 6.42 Å². The molecule has 2 aliphatic rings. The number of likely N-dealkylation sites (tertiary alicyclic amines) is 1. The van der Waals surface area contributed by atoms with Crippen LogP contribution < -0.4 is 0 Å². The molecule has 0 aromatic carbocycles. The van der Waals surface area contributed by atoms with Crippen LogP contribution >= 0.6 is 0 Å². The van der Waals surface area contributed by atoms with Crippen LogP contribution in [0.4, 0.5) is 4.39 Å². The molecular weight excluding hydrogens is 311 g/mol. The van der Waals surface area contributed by atoms with E-state index in [-0.39, 0.29) is 17.5 Å². The molecule has 6 nitrogen and oxygen atoms in total. The number of fused-ring (bicyclic) bond motifs is 1. The Kier molecular flexibility index (Phi) is 4.20. The summed E-state index contributed by atoms with van der Waals surface area (Å²) in [5, 5.41) is 0. The van der Waals surface area contributed by atoms with Gasteiger partial charge in [0.25, 0.3) is 5.91 Å². The third-order valence-electron chi connectivity index (χ3n) is 4.90. The van der Waals surface area contributed by atoms with Crippen LogP contribution in [0.15, 0.2) is 24.5 Å². The predicted molar refractivity (Wildman–Crippen MR) is 86.4 cm³/mol. The number of hydrogen-bond acceptors (Lipinski definition) is 4. The number of rotatable bonds is 3. The topological polar surface area (TPSA) is 50.1 Å². The summed E-state index contributed by atoms with van der Waals surface area (Å²) in [6, 6.07) is 2.96.